The van der Waals surface area contributed by atoms with Crippen LogP contribution in [0.15, 0.2) is 28.7 Å². The van der Waals surface area contributed by atoms with Crippen molar-refractivity contribution < 1.29 is 5.11 Å². The molecule has 16 heavy (non-hydrogen) atoms. The van der Waals surface area contributed by atoms with Crippen LogP contribution < -0.4 is 5.32 Å². The highest BCUT2D eigenvalue weighted by Crippen LogP contribution is 2.47. The summed E-state index contributed by atoms with van der Waals surface area (Å²) in [7, 11) is 0. The summed E-state index contributed by atoms with van der Waals surface area (Å²) in [5.41, 5.74) is 1.72. The Morgan fingerprint density at radius 1 is 1.25 bits per heavy atom. The van der Waals surface area contributed by atoms with Gasteiger partial charge < -0.3 is 10.4 Å². The molecular formula is C13H18BrNO. The third kappa shape index (κ3) is 3.30. The number of nitrogens with one attached hydrogen (secondary N) is 1. The molecule has 1 fully saturated rings. The molecule has 0 aromatic heterocycles. The van der Waals surface area contributed by atoms with Gasteiger partial charge in [-0.25, -0.2) is 0 Å². The Kier molecular flexibility index (Phi) is 4.00. The Hall–Kier alpha value is -0.380. The number of halogens is 1. The van der Waals surface area contributed by atoms with Crippen LogP contribution >= 0.6 is 15.9 Å². The van der Waals surface area contributed by atoms with Crippen LogP contribution in [0.25, 0.3) is 0 Å². The van der Waals surface area contributed by atoms with E-state index >= 15 is 0 Å². The average Bonchev–Trinajstić information content (AvgIpc) is 3.02. The van der Waals surface area contributed by atoms with E-state index < -0.39 is 0 Å². The smallest absolute Gasteiger partial charge is 0.0436 e. The van der Waals surface area contributed by atoms with Gasteiger partial charge in [0.15, 0.2) is 0 Å². The molecule has 0 radical (unpaired) electrons. The standard InChI is InChI=1S/C13H18BrNO/c14-12-3-1-11(2-4-12)9-15-10-13(5-6-13)7-8-16/h1-4,15-16H,5-10H2. The fourth-order valence-electron chi connectivity index (χ4n) is 2.00. The van der Waals surface area contributed by atoms with Crippen molar-refractivity contribution in [3.63, 3.8) is 0 Å². The SMILES string of the molecule is OCCC1(CNCc2ccc(Br)cc2)CC1. The molecule has 1 aromatic rings. The van der Waals surface area contributed by atoms with Crippen molar-refractivity contribution in [2.24, 2.45) is 5.41 Å². The van der Waals surface area contributed by atoms with Gasteiger partial charge in [0.25, 0.3) is 0 Å². The number of benzene rings is 1. The van der Waals surface area contributed by atoms with Gasteiger partial charge in [-0.15, -0.1) is 0 Å². The Bertz CT molecular complexity index is 332. The van der Waals surface area contributed by atoms with E-state index in [1.54, 1.807) is 0 Å². The molecule has 0 unspecified atom stereocenters. The van der Waals surface area contributed by atoms with Gasteiger partial charge in [-0.3, -0.25) is 0 Å². The van der Waals surface area contributed by atoms with E-state index in [1.807, 2.05) is 0 Å². The van der Waals surface area contributed by atoms with Gasteiger partial charge in [-0.1, -0.05) is 28.1 Å². The van der Waals surface area contributed by atoms with Crippen molar-refractivity contribution >= 4 is 15.9 Å². The van der Waals surface area contributed by atoms with Gasteiger partial charge in [0.1, 0.15) is 0 Å². The van der Waals surface area contributed by atoms with E-state index in [0.717, 1.165) is 24.0 Å². The fraction of sp³-hybridized carbons (Fsp3) is 0.538. The van der Waals surface area contributed by atoms with Crippen molar-refractivity contribution in [2.75, 3.05) is 13.2 Å². The zero-order valence-electron chi connectivity index (χ0n) is 9.38. The Morgan fingerprint density at radius 2 is 1.94 bits per heavy atom. The van der Waals surface area contributed by atoms with E-state index in [1.165, 1.54) is 18.4 Å². The number of hydrogen-bond acceptors (Lipinski definition) is 2. The molecule has 0 bridgehead atoms. The number of rotatable bonds is 6. The lowest BCUT2D eigenvalue weighted by molar-refractivity contribution is 0.245. The molecule has 2 rings (SSSR count). The highest BCUT2D eigenvalue weighted by atomic mass is 79.9. The molecule has 1 aliphatic carbocycles. The van der Waals surface area contributed by atoms with Crippen LogP contribution in [0.1, 0.15) is 24.8 Å². The Morgan fingerprint density at radius 3 is 2.50 bits per heavy atom. The van der Waals surface area contributed by atoms with Crippen LogP contribution in [0.4, 0.5) is 0 Å². The molecule has 1 saturated carbocycles. The Labute approximate surface area is 105 Å². The third-order valence-electron chi connectivity index (χ3n) is 3.34. The number of hydrogen-bond donors (Lipinski definition) is 2. The van der Waals surface area contributed by atoms with Crippen LogP contribution in [0.3, 0.4) is 0 Å². The van der Waals surface area contributed by atoms with Crippen LogP contribution in [0, 0.1) is 5.41 Å². The van der Waals surface area contributed by atoms with Crippen molar-refractivity contribution in [2.45, 2.75) is 25.8 Å². The molecule has 1 aromatic carbocycles. The van der Waals surface area contributed by atoms with Crippen molar-refractivity contribution in [3.05, 3.63) is 34.3 Å². The summed E-state index contributed by atoms with van der Waals surface area (Å²) in [5, 5.41) is 12.4. The van der Waals surface area contributed by atoms with Crippen molar-refractivity contribution in [1.82, 2.24) is 5.32 Å². The summed E-state index contributed by atoms with van der Waals surface area (Å²) in [5.74, 6) is 0. The lowest BCUT2D eigenvalue weighted by Gasteiger charge is -2.14. The van der Waals surface area contributed by atoms with Crippen LogP contribution in [0.5, 0.6) is 0 Å². The normalized spacial score (nSPS) is 17.4. The molecule has 2 nitrogen and oxygen atoms in total. The summed E-state index contributed by atoms with van der Waals surface area (Å²) in [6.45, 7) is 2.27. The molecule has 2 N–H and O–H groups in total. The summed E-state index contributed by atoms with van der Waals surface area (Å²) in [6, 6.07) is 8.39. The molecule has 1 aliphatic rings. The monoisotopic (exact) mass is 283 g/mol. The van der Waals surface area contributed by atoms with Crippen LogP contribution in [-0.2, 0) is 6.54 Å². The molecule has 0 amide bonds. The number of aliphatic hydroxyl groups excluding tert-OH is 1. The third-order valence-corrected chi connectivity index (χ3v) is 3.87. The minimum absolute atomic E-state index is 0.319. The molecule has 0 aliphatic heterocycles. The summed E-state index contributed by atoms with van der Waals surface area (Å²) < 4.78 is 1.12. The molecule has 3 heteroatoms. The van der Waals surface area contributed by atoms with Gasteiger partial charge in [0, 0.05) is 24.2 Å². The summed E-state index contributed by atoms with van der Waals surface area (Å²) >= 11 is 3.43. The topological polar surface area (TPSA) is 32.3 Å². The lowest BCUT2D eigenvalue weighted by Crippen LogP contribution is -2.24. The number of aliphatic hydroxyl groups is 1. The van der Waals surface area contributed by atoms with Crippen LogP contribution in [0.2, 0.25) is 0 Å². The largest absolute Gasteiger partial charge is 0.396 e. The average molecular weight is 284 g/mol. The summed E-state index contributed by atoms with van der Waals surface area (Å²) in [4.78, 5) is 0. The minimum Gasteiger partial charge on any atom is -0.396 e. The fourth-order valence-corrected chi connectivity index (χ4v) is 2.27. The van der Waals surface area contributed by atoms with Gasteiger partial charge in [-0.2, -0.15) is 0 Å². The quantitative estimate of drug-likeness (QED) is 0.842. The molecular weight excluding hydrogens is 266 g/mol. The molecule has 0 saturated heterocycles. The second-order valence-corrected chi connectivity index (χ2v) is 5.62. The Balaban J connectivity index is 1.74. The van der Waals surface area contributed by atoms with Crippen molar-refractivity contribution in [1.29, 1.82) is 0 Å². The van der Waals surface area contributed by atoms with Gasteiger partial charge in [0.05, 0.1) is 0 Å². The highest BCUT2D eigenvalue weighted by molar-refractivity contribution is 9.10. The van der Waals surface area contributed by atoms with E-state index in [4.69, 9.17) is 5.11 Å². The predicted octanol–water partition coefficient (Wildman–Crippen LogP) is 2.70. The predicted molar refractivity (Wildman–Crippen MR) is 69.2 cm³/mol. The highest BCUT2D eigenvalue weighted by Gasteiger charge is 2.41. The van der Waals surface area contributed by atoms with Crippen molar-refractivity contribution in [3.8, 4) is 0 Å². The minimum atomic E-state index is 0.319. The van der Waals surface area contributed by atoms with E-state index in [0.29, 0.717) is 12.0 Å². The second kappa shape index (κ2) is 5.30. The maximum atomic E-state index is 8.96. The molecule has 0 atom stereocenters. The second-order valence-electron chi connectivity index (χ2n) is 4.70. The maximum absolute atomic E-state index is 8.96. The van der Waals surface area contributed by atoms with Crippen LogP contribution in [-0.4, -0.2) is 18.3 Å². The zero-order valence-corrected chi connectivity index (χ0v) is 11.0. The first-order valence-corrected chi connectivity index (χ1v) is 6.59. The first-order chi connectivity index (χ1) is 7.74. The summed E-state index contributed by atoms with van der Waals surface area (Å²) in [6.07, 6.45) is 3.47. The van der Waals surface area contributed by atoms with Gasteiger partial charge in [0.2, 0.25) is 0 Å². The van der Waals surface area contributed by atoms with Gasteiger partial charge in [-0.05, 0) is 42.4 Å². The van der Waals surface area contributed by atoms with E-state index in [9.17, 15) is 0 Å². The van der Waals surface area contributed by atoms with Gasteiger partial charge >= 0.3 is 0 Å². The zero-order chi connectivity index (χ0) is 11.4. The van der Waals surface area contributed by atoms with E-state index in [-0.39, 0.29) is 0 Å². The first kappa shape index (κ1) is 12.1. The molecule has 88 valence electrons. The molecule has 0 spiro atoms. The van der Waals surface area contributed by atoms with E-state index in [2.05, 4.69) is 45.5 Å². The first-order valence-electron chi connectivity index (χ1n) is 5.80. The lowest BCUT2D eigenvalue weighted by atomic mass is 10.0. The maximum Gasteiger partial charge on any atom is 0.0436 e. The molecule has 0 heterocycles.